The van der Waals surface area contributed by atoms with Crippen molar-refractivity contribution in [1.29, 1.82) is 0 Å². The number of benzene rings is 1. The summed E-state index contributed by atoms with van der Waals surface area (Å²) < 4.78 is 5.09. The van der Waals surface area contributed by atoms with Gasteiger partial charge in [-0.25, -0.2) is 0 Å². The van der Waals surface area contributed by atoms with Gasteiger partial charge in [-0.2, -0.15) is 0 Å². The second-order valence-corrected chi connectivity index (χ2v) is 3.38. The molecule has 0 radical (unpaired) electrons. The van der Waals surface area contributed by atoms with Gasteiger partial charge in [0.1, 0.15) is 12.4 Å². The fourth-order valence-corrected chi connectivity index (χ4v) is 1.46. The van der Waals surface area contributed by atoms with Crippen LogP contribution in [0.25, 0.3) is 0 Å². The Labute approximate surface area is 90.6 Å². The zero-order valence-electron chi connectivity index (χ0n) is 8.17. The minimum atomic E-state index is -0.416. The fourth-order valence-electron chi connectivity index (χ4n) is 1.46. The number of ether oxygens (including phenoxy) is 1. The van der Waals surface area contributed by atoms with Crippen molar-refractivity contribution in [3.05, 3.63) is 29.0 Å². The average molecular weight is 222 g/mol. The van der Waals surface area contributed by atoms with Crippen molar-refractivity contribution in [2.24, 2.45) is 0 Å². The summed E-state index contributed by atoms with van der Waals surface area (Å²) in [7, 11) is 0. The predicted molar refractivity (Wildman–Crippen MR) is 53.5 cm³/mol. The van der Waals surface area contributed by atoms with Gasteiger partial charge in [0.15, 0.2) is 11.6 Å². The van der Waals surface area contributed by atoms with E-state index in [0.717, 1.165) is 0 Å². The molecule has 1 aliphatic rings. The van der Waals surface area contributed by atoms with E-state index < -0.39 is 5.78 Å². The third-order valence-corrected chi connectivity index (χ3v) is 2.23. The molecule has 0 aromatic heterocycles. The maximum atomic E-state index is 11.6. The van der Waals surface area contributed by atoms with E-state index in [2.05, 4.69) is 0 Å². The first-order valence-corrected chi connectivity index (χ1v) is 4.56. The van der Waals surface area contributed by atoms with E-state index in [0.29, 0.717) is 0 Å². The SMILES string of the molecule is O=C1COc2ccc(N([O-])O)cc2C(=O)C1. The maximum absolute atomic E-state index is 11.6. The number of nitrogens with zero attached hydrogens (tertiary/aromatic N) is 1. The average Bonchev–Trinajstić information content (AvgIpc) is 2.38. The summed E-state index contributed by atoms with van der Waals surface area (Å²) >= 11 is 0. The monoisotopic (exact) mass is 222 g/mol. The number of fused-ring (bicyclic) bond motifs is 1. The Hall–Kier alpha value is -1.92. The highest BCUT2D eigenvalue weighted by Gasteiger charge is 2.21. The van der Waals surface area contributed by atoms with Gasteiger partial charge < -0.3 is 15.2 Å². The number of Topliss-reactive ketones (excluding diaryl/α,β-unsaturated/α-hetero) is 2. The minimum absolute atomic E-state index is 0.0787. The minimum Gasteiger partial charge on any atom is -0.733 e. The molecule has 1 aromatic rings. The number of hydrogen-bond acceptors (Lipinski definition) is 6. The quantitative estimate of drug-likeness (QED) is 0.561. The van der Waals surface area contributed by atoms with E-state index in [1.165, 1.54) is 18.2 Å². The number of rotatable bonds is 1. The number of ketones is 2. The topological polar surface area (TPSA) is 89.9 Å². The summed E-state index contributed by atoms with van der Waals surface area (Å²) in [4.78, 5) is 22.7. The van der Waals surface area contributed by atoms with E-state index in [9.17, 15) is 14.8 Å². The lowest BCUT2D eigenvalue weighted by Crippen LogP contribution is -2.10. The van der Waals surface area contributed by atoms with E-state index in [1.54, 1.807) is 0 Å². The van der Waals surface area contributed by atoms with Gasteiger partial charge in [-0.3, -0.25) is 14.8 Å². The van der Waals surface area contributed by atoms with Gasteiger partial charge >= 0.3 is 0 Å². The van der Waals surface area contributed by atoms with Crippen molar-refractivity contribution in [2.45, 2.75) is 6.42 Å². The van der Waals surface area contributed by atoms with Crippen LogP contribution in [0.15, 0.2) is 18.2 Å². The van der Waals surface area contributed by atoms with Crippen molar-refractivity contribution in [3.8, 4) is 5.75 Å². The van der Waals surface area contributed by atoms with Crippen LogP contribution in [0.3, 0.4) is 0 Å². The second-order valence-electron chi connectivity index (χ2n) is 3.38. The number of hydrogen-bond donors (Lipinski definition) is 1. The molecule has 84 valence electrons. The van der Waals surface area contributed by atoms with Crippen LogP contribution >= 0.6 is 0 Å². The molecule has 0 aliphatic carbocycles. The molecule has 16 heavy (non-hydrogen) atoms. The number of carbonyl (C=O) groups excluding carboxylic acids is 2. The molecule has 0 spiro atoms. The van der Waals surface area contributed by atoms with Crippen molar-refractivity contribution in [2.75, 3.05) is 11.8 Å². The third kappa shape index (κ3) is 1.88. The fraction of sp³-hybridized carbons (Fsp3) is 0.200. The lowest BCUT2D eigenvalue weighted by atomic mass is 10.1. The van der Waals surface area contributed by atoms with Crippen LogP contribution in [0.4, 0.5) is 5.69 Å². The summed E-state index contributed by atoms with van der Waals surface area (Å²) in [5.74, 6) is -0.478. The first-order chi connectivity index (χ1) is 7.58. The Kier molecular flexibility index (Phi) is 2.59. The Bertz CT molecular complexity index is 455. The van der Waals surface area contributed by atoms with Gasteiger partial charge in [-0.15, -0.1) is 0 Å². The van der Waals surface area contributed by atoms with Crippen LogP contribution in [0.1, 0.15) is 16.8 Å². The van der Waals surface area contributed by atoms with Crippen molar-refractivity contribution >= 4 is 17.3 Å². The number of carbonyl (C=O) groups is 2. The normalized spacial score (nSPS) is 15.1. The van der Waals surface area contributed by atoms with Crippen LogP contribution in [0, 0.1) is 5.21 Å². The Morgan fingerprint density at radius 1 is 1.38 bits per heavy atom. The van der Waals surface area contributed by atoms with Crippen molar-refractivity contribution in [1.82, 2.24) is 0 Å². The van der Waals surface area contributed by atoms with Crippen LogP contribution in [0.5, 0.6) is 5.75 Å². The predicted octanol–water partition coefficient (Wildman–Crippen LogP) is 0.914. The molecule has 0 saturated heterocycles. The molecule has 0 atom stereocenters. The summed E-state index contributed by atoms with van der Waals surface area (Å²) in [6.45, 7) is -0.154. The molecule has 2 rings (SSSR count). The molecule has 1 aliphatic heterocycles. The first-order valence-electron chi connectivity index (χ1n) is 4.56. The van der Waals surface area contributed by atoms with Crippen LogP contribution in [0.2, 0.25) is 0 Å². The van der Waals surface area contributed by atoms with Crippen LogP contribution in [-0.4, -0.2) is 23.4 Å². The Morgan fingerprint density at radius 3 is 2.81 bits per heavy atom. The van der Waals surface area contributed by atoms with E-state index in [-0.39, 0.29) is 41.0 Å². The standard InChI is InChI=1S/C10H8NO5/c12-7-4-9(13)8-3-6(11(14)15)1-2-10(8)16-5-7/h1-3,14H,4-5H2/q-1. The molecule has 6 nitrogen and oxygen atoms in total. The molecule has 0 fully saturated rings. The smallest absolute Gasteiger partial charge is 0.177 e. The summed E-state index contributed by atoms with van der Waals surface area (Å²) in [5, 5.41) is 19.0. The van der Waals surface area contributed by atoms with E-state index >= 15 is 0 Å². The highest BCUT2D eigenvalue weighted by Crippen LogP contribution is 2.27. The van der Waals surface area contributed by atoms with Crippen LogP contribution in [-0.2, 0) is 4.79 Å². The molecule has 0 unspecified atom stereocenters. The lowest BCUT2D eigenvalue weighted by molar-refractivity contribution is -0.119. The first kappa shape index (κ1) is 10.6. The van der Waals surface area contributed by atoms with Gasteiger partial charge in [0.05, 0.1) is 17.7 Å². The molecule has 0 amide bonds. The molecular formula is C10H8NO5-. The van der Waals surface area contributed by atoms with Crippen LogP contribution < -0.4 is 9.96 Å². The zero-order valence-corrected chi connectivity index (χ0v) is 8.17. The molecule has 1 heterocycles. The summed E-state index contributed by atoms with van der Waals surface area (Å²) in [6, 6.07) is 3.88. The highest BCUT2D eigenvalue weighted by molar-refractivity contribution is 6.11. The van der Waals surface area contributed by atoms with Gasteiger partial charge in [0, 0.05) is 0 Å². The van der Waals surface area contributed by atoms with Gasteiger partial charge in [-0.1, -0.05) is 0 Å². The summed E-state index contributed by atoms with van der Waals surface area (Å²) in [5.41, 5.74) is 0.0586. The largest absolute Gasteiger partial charge is 0.733 e. The van der Waals surface area contributed by atoms with Gasteiger partial charge in [-0.05, 0) is 18.2 Å². The van der Waals surface area contributed by atoms with Crippen molar-refractivity contribution in [3.63, 3.8) is 0 Å². The number of anilines is 1. The molecule has 0 bridgehead atoms. The lowest BCUT2D eigenvalue weighted by Gasteiger charge is -2.22. The zero-order chi connectivity index (χ0) is 11.7. The molecule has 6 heteroatoms. The maximum Gasteiger partial charge on any atom is 0.177 e. The molecule has 1 N–H and O–H groups in total. The molecule has 0 saturated carbocycles. The van der Waals surface area contributed by atoms with E-state index in [1.807, 2.05) is 0 Å². The molecule has 1 aromatic carbocycles. The van der Waals surface area contributed by atoms with Gasteiger partial charge in [0.25, 0.3) is 0 Å². The Morgan fingerprint density at radius 2 is 2.12 bits per heavy atom. The van der Waals surface area contributed by atoms with Gasteiger partial charge in [0.2, 0.25) is 0 Å². The summed E-state index contributed by atoms with van der Waals surface area (Å²) in [6.07, 6.45) is -0.249. The van der Waals surface area contributed by atoms with E-state index in [4.69, 9.17) is 9.94 Å². The van der Waals surface area contributed by atoms with Crippen molar-refractivity contribution < 1.29 is 19.5 Å². The highest BCUT2D eigenvalue weighted by atomic mass is 16.8. The third-order valence-electron chi connectivity index (χ3n) is 2.23. The Balaban J connectivity index is 2.45. The second kappa shape index (κ2) is 3.92. The molecular weight excluding hydrogens is 214 g/mol.